The minimum atomic E-state index is -0.330. The summed E-state index contributed by atoms with van der Waals surface area (Å²) in [6.07, 6.45) is -0.0925. The third-order valence-corrected chi connectivity index (χ3v) is 3.17. The van der Waals surface area contributed by atoms with Crippen LogP contribution >= 0.6 is 0 Å². The summed E-state index contributed by atoms with van der Waals surface area (Å²) in [4.78, 5) is 17.3. The Labute approximate surface area is 105 Å². The molecule has 0 amide bonds. The molecule has 5 nitrogen and oxygen atoms in total. The zero-order chi connectivity index (χ0) is 12.9. The smallest absolute Gasteiger partial charge is 0.342 e. The first-order valence-corrected chi connectivity index (χ1v) is 6.10. The minimum absolute atomic E-state index is 0.0293. The van der Waals surface area contributed by atoms with Crippen molar-refractivity contribution < 1.29 is 19.1 Å². The van der Waals surface area contributed by atoms with E-state index in [9.17, 15) is 4.79 Å². The lowest BCUT2D eigenvalue weighted by Gasteiger charge is -2.07. The Morgan fingerprint density at radius 3 is 2.78 bits per heavy atom. The molecule has 0 aromatic heterocycles. The normalized spacial score (nSPS) is 23.8. The van der Waals surface area contributed by atoms with Crippen molar-refractivity contribution in [3.05, 3.63) is 23.3 Å². The van der Waals surface area contributed by atoms with Crippen LogP contribution in [0.1, 0.15) is 42.8 Å². The first-order valence-electron chi connectivity index (χ1n) is 6.10. The predicted octanol–water partition coefficient (Wildman–Crippen LogP) is 2.41. The van der Waals surface area contributed by atoms with E-state index in [4.69, 9.17) is 14.3 Å². The lowest BCUT2D eigenvalue weighted by Crippen LogP contribution is -2.07. The third kappa shape index (κ3) is 1.54. The summed E-state index contributed by atoms with van der Waals surface area (Å²) in [5.41, 5.74) is 2.20. The molecule has 2 atom stereocenters. The highest BCUT2D eigenvalue weighted by atomic mass is 16.8. The molecule has 0 N–H and O–H groups in total. The Morgan fingerprint density at radius 2 is 2.17 bits per heavy atom. The summed E-state index contributed by atoms with van der Waals surface area (Å²) in [5.74, 6) is 0.242. The van der Waals surface area contributed by atoms with Gasteiger partial charge in [-0.15, -0.1) is 0 Å². The van der Waals surface area contributed by atoms with E-state index in [1.54, 1.807) is 12.0 Å². The standard InChI is InChI=1S/C13H15NO4/c1-4-16-13(15)11-9-5-6-10(14-8(3)18-14)12(11)17-7(9)2/h5-8H,4H2,1-3H3. The molecule has 3 rings (SSSR count). The monoisotopic (exact) mass is 249 g/mol. The molecule has 5 heteroatoms. The molecule has 2 bridgehead atoms. The second-order valence-corrected chi connectivity index (χ2v) is 4.39. The Kier molecular flexibility index (Phi) is 2.45. The van der Waals surface area contributed by atoms with Crippen LogP contribution in [0.4, 0.5) is 5.69 Å². The Balaban J connectivity index is 2.05. The van der Waals surface area contributed by atoms with Crippen LogP contribution in [0.25, 0.3) is 0 Å². The number of rotatable bonds is 3. The molecular weight excluding hydrogens is 234 g/mol. The number of fused-ring (bicyclic) bond motifs is 2. The number of ether oxygens (including phenoxy) is 2. The zero-order valence-corrected chi connectivity index (χ0v) is 10.6. The molecule has 1 saturated heterocycles. The SMILES string of the molecule is CCOC(=O)c1c2ccc(N3OC3C)c1OC2C. The largest absolute Gasteiger partial charge is 0.483 e. The average molecular weight is 249 g/mol. The second kappa shape index (κ2) is 3.88. The lowest BCUT2D eigenvalue weighted by atomic mass is 10.0. The van der Waals surface area contributed by atoms with E-state index in [2.05, 4.69) is 0 Å². The van der Waals surface area contributed by atoms with Crippen LogP contribution in [-0.4, -0.2) is 18.8 Å². The van der Waals surface area contributed by atoms with Gasteiger partial charge in [-0.3, -0.25) is 0 Å². The summed E-state index contributed by atoms with van der Waals surface area (Å²) in [5, 5.41) is 1.72. The lowest BCUT2D eigenvalue weighted by molar-refractivity contribution is 0.0526. The van der Waals surface area contributed by atoms with E-state index in [-0.39, 0.29) is 18.3 Å². The zero-order valence-electron chi connectivity index (χ0n) is 10.6. The van der Waals surface area contributed by atoms with Crippen molar-refractivity contribution in [1.29, 1.82) is 0 Å². The molecule has 1 fully saturated rings. The number of esters is 1. The first-order chi connectivity index (χ1) is 8.63. The van der Waals surface area contributed by atoms with Gasteiger partial charge < -0.3 is 9.47 Å². The quantitative estimate of drug-likeness (QED) is 0.608. The number of benzene rings is 1. The van der Waals surface area contributed by atoms with E-state index >= 15 is 0 Å². The van der Waals surface area contributed by atoms with Crippen molar-refractivity contribution in [1.82, 2.24) is 0 Å². The molecule has 96 valence electrons. The summed E-state index contributed by atoms with van der Waals surface area (Å²) in [6, 6.07) is 3.82. The Morgan fingerprint density at radius 1 is 1.44 bits per heavy atom. The molecule has 2 aliphatic heterocycles. The van der Waals surface area contributed by atoms with Gasteiger partial charge in [0, 0.05) is 5.56 Å². The molecule has 1 aromatic carbocycles. The number of nitrogens with zero attached hydrogens (tertiary/aromatic N) is 1. The average Bonchev–Trinajstić information content (AvgIpc) is 2.99. The van der Waals surface area contributed by atoms with Crippen LogP contribution in [0, 0.1) is 0 Å². The number of hydrogen-bond donors (Lipinski definition) is 0. The van der Waals surface area contributed by atoms with Crippen molar-refractivity contribution in [3.8, 4) is 5.75 Å². The van der Waals surface area contributed by atoms with Crippen molar-refractivity contribution in [3.63, 3.8) is 0 Å². The fourth-order valence-corrected chi connectivity index (χ4v) is 2.26. The fraction of sp³-hybridized carbons (Fsp3) is 0.462. The highest BCUT2D eigenvalue weighted by Crippen LogP contribution is 2.48. The highest BCUT2D eigenvalue weighted by Gasteiger charge is 2.40. The van der Waals surface area contributed by atoms with E-state index in [1.165, 1.54) is 0 Å². The molecule has 2 unspecified atom stereocenters. The van der Waals surface area contributed by atoms with Gasteiger partial charge in [0.05, 0.1) is 6.61 Å². The molecular formula is C13H15NO4. The van der Waals surface area contributed by atoms with Gasteiger partial charge in [0.15, 0.2) is 12.0 Å². The second-order valence-electron chi connectivity index (χ2n) is 4.39. The van der Waals surface area contributed by atoms with Gasteiger partial charge in [0.2, 0.25) is 0 Å². The molecule has 0 spiro atoms. The predicted molar refractivity (Wildman–Crippen MR) is 64.5 cm³/mol. The van der Waals surface area contributed by atoms with E-state index in [0.717, 1.165) is 11.3 Å². The molecule has 0 radical (unpaired) electrons. The molecule has 1 aromatic rings. The van der Waals surface area contributed by atoms with Gasteiger partial charge in [0.1, 0.15) is 17.4 Å². The van der Waals surface area contributed by atoms with Crippen LogP contribution in [0.5, 0.6) is 5.75 Å². The number of anilines is 1. The van der Waals surface area contributed by atoms with Crippen LogP contribution < -0.4 is 9.80 Å². The van der Waals surface area contributed by atoms with Crippen molar-refractivity contribution in [2.24, 2.45) is 0 Å². The molecule has 0 aliphatic carbocycles. The maximum absolute atomic E-state index is 12.0. The van der Waals surface area contributed by atoms with E-state index < -0.39 is 0 Å². The fourth-order valence-electron chi connectivity index (χ4n) is 2.26. The highest BCUT2D eigenvalue weighted by molar-refractivity contribution is 5.98. The molecule has 18 heavy (non-hydrogen) atoms. The van der Waals surface area contributed by atoms with Gasteiger partial charge >= 0.3 is 5.97 Å². The van der Waals surface area contributed by atoms with Crippen molar-refractivity contribution in [2.75, 3.05) is 11.7 Å². The van der Waals surface area contributed by atoms with Gasteiger partial charge in [-0.1, -0.05) is 6.07 Å². The molecule has 0 saturated carbocycles. The summed E-state index contributed by atoms with van der Waals surface area (Å²) in [7, 11) is 0. The third-order valence-electron chi connectivity index (χ3n) is 3.17. The number of carbonyl (C=O) groups excluding carboxylic acids is 1. The maximum atomic E-state index is 12.0. The van der Waals surface area contributed by atoms with E-state index in [1.807, 2.05) is 26.0 Å². The first kappa shape index (κ1) is 11.3. The van der Waals surface area contributed by atoms with Gasteiger partial charge in [-0.2, -0.15) is 0 Å². The summed E-state index contributed by atoms with van der Waals surface area (Å²) >= 11 is 0. The van der Waals surface area contributed by atoms with Gasteiger partial charge in [0.25, 0.3) is 0 Å². The van der Waals surface area contributed by atoms with Crippen LogP contribution in [0.3, 0.4) is 0 Å². The van der Waals surface area contributed by atoms with Crippen LogP contribution in [0.2, 0.25) is 0 Å². The number of hydroxylamine groups is 1. The van der Waals surface area contributed by atoms with Crippen LogP contribution in [0.15, 0.2) is 12.1 Å². The van der Waals surface area contributed by atoms with Gasteiger partial charge in [-0.25, -0.2) is 14.7 Å². The minimum Gasteiger partial charge on any atom is -0.483 e. The van der Waals surface area contributed by atoms with Crippen molar-refractivity contribution >= 4 is 11.7 Å². The summed E-state index contributed by atoms with van der Waals surface area (Å²) < 4.78 is 10.8. The molecule has 2 aliphatic rings. The Hall–Kier alpha value is -1.75. The molecule has 2 heterocycles. The van der Waals surface area contributed by atoms with Gasteiger partial charge in [-0.05, 0) is 26.8 Å². The topological polar surface area (TPSA) is 51.1 Å². The number of hydrogen-bond acceptors (Lipinski definition) is 5. The maximum Gasteiger partial charge on any atom is 0.342 e. The number of carbonyl (C=O) groups is 1. The van der Waals surface area contributed by atoms with Crippen molar-refractivity contribution in [2.45, 2.75) is 33.1 Å². The summed E-state index contributed by atoms with van der Waals surface area (Å²) in [6.45, 7) is 6.00. The van der Waals surface area contributed by atoms with Crippen LogP contribution in [-0.2, 0) is 9.57 Å². The Bertz CT molecular complexity index is 514. The van der Waals surface area contributed by atoms with E-state index in [0.29, 0.717) is 17.9 Å².